The van der Waals surface area contributed by atoms with E-state index in [4.69, 9.17) is 4.74 Å². The molecule has 1 N–H and O–H groups in total. The smallest absolute Gasteiger partial charge is 0.372 e. The molecule has 0 unspecified atom stereocenters. The molecule has 1 rings (SSSR count). The molecule has 1 aromatic rings. The second-order valence-corrected chi connectivity index (χ2v) is 3.83. The predicted octanol–water partition coefficient (Wildman–Crippen LogP) is 1.71. The summed E-state index contributed by atoms with van der Waals surface area (Å²) in [6.45, 7) is 3.92. The molecule has 0 aromatic carbocycles. The van der Waals surface area contributed by atoms with Crippen LogP contribution in [-0.4, -0.2) is 28.5 Å². The maximum Gasteiger partial charge on any atom is 0.372 e. The number of nitrogens with one attached hydrogen (secondary N) is 1. The number of rotatable bonds is 5. The minimum Gasteiger partial charge on any atom is -0.476 e. The van der Waals surface area contributed by atoms with Crippen LogP contribution in [0.2, 0.25) is 0 Å². The molecule has 0 radical (unpaired) electrons. The number of hydrogen-bond donors (Lipinski definition) is 1. The topological polar surface area (TPSA) is 90.2 Å². The van der Waals surface area contributed by atoms with E-state index in [1.165, 1.54) is 13.4 Å². The van der Waals surface area contributed by atoms with Crippen LogP contribution in [-0.2, 0) is 0 Å². The van der Waals surface area contributed by atoms with Crippen molar-refractivity contribution >= 4 is 27.4 Å². The molecule has 0 saturated heterocycles. The molecule has 7 nitrogen and oxygen atoms in total. The first-order valence-corrected chi connectivity index (χ1v) is 4.96. The van der Waals surface area contributed by atoms with Crippen molar-refractivity contribution < 1.29 is 9.66 Å². The van der Waals surface area contributed by atoms with Gasteiger partial charge in [0.15, 0.2) is 0 Å². The van der Waals surface area contributed by atoms with E-state index >= 15 is 0 Å². The lowest BCUT2D eigenvalue weighted by molar-refractivity contribution is -0.385. The molecule has 0 spiro atoms. The summed E-state index contributed by atoms with van der Waals surface area (Å²) in [5.41, 5.74) is -0.293. The number of aromatic nitrogens is 2. The Morgan fingerprint density at radius 3 is 2.94 bits per heavy atom. The Kier molecular flexibility index (Phi) is 4.18. The molecule has 0 aliphatic heterocycles. The summed E-state index contributed by atoms with van der Waals surface area (Å²) >= 11 is 3.13. The lowest BCUT2D eigenvalue weighted by atomic mass is 10.4. The Balaban J connectivity index is 3.07. The van der Waals surface area contributed by atoms with Crippen molar-refractivity contribution in [3.05, 3.63) is 27.5 Å². The van der Waals surface area contributed by atoms with E-state index in [9.17, 15) is 10.1 Å². The van der Waals surface area contributed by atoms with Crippen molar-refractivity contribution in [3.8, 4) is 5.88 Å². The van der Waals surface area contributed by atoms with Gasteiger partial charge >= 0.3 is 5.69 Å². The van der Waals surface area contributed by atoms with Gasteiger partial charge in [0.1, 0.15) is 6.33 Å². The lowest BCUT2D eigenvalue weighted by Gasteiger charge is -2.06. The van der Waals surface area contributed by atoms with E-state index in [1.54, 1.807) is 0 Å². The third-order valence-corrected chi connectivity index (χ3v) is 1.89. The Bertz CT molecular complexity index is 424. The van der Waals surface area contributed by atoms with Gasteiger partial charge in [-0.25, -0.2) is 4.98 Å². The fourth-order valence-corrected chi connectivity index (χ4v) is 1.13. The molecule has 86 valence electrons. The zero-order valence-electron chi connectivity index (χ0n) is 8.44. The zero-order valence-corrected chi connectivity index (χ0v) is 10.0. The van der Waals surface area contributed by atoms with Crippen LogP contribution in [0.25, 0.3) is 0 Å². The highest BCUT2D eigenvalue weighted by atomic mass is 79.9. The van der Waals surface area contributed by atoms with Gasteiger partial charge in [0.25, 0.3) is 5.88 Å². The number of halogens is 1. The Labute approximate surface area is 99.8 Å². The van der Waals surface area contributed by atoms with Crippen LogP contribution in [0.5, 0.6) is 5.88 Å². The fourth-order valence-electron chi connectivity index (χ4n) is 0.986. The normalized spacial score (nSPS) is 9.62. The van der Waals surface area contributed by atoms with Gasteiger partial charge < -0.3 is 10.1 Å². The first-order chi connectivity index (χ1) is 7.56. The standard InChI is InChI=1S/C8H9BrN4O3/c1-5(9)3-10-7-6(13(14)15)8(16-2)12-4-11-7/h4H,1,3H2,2H3,(H,10,11,12). The largest absolute Gasteiger partial charge is 0.476 e. The van der Waals surface area contributed by atoms with Gasteiger partial charge in [0.2, 0.25) is 5.82 Å². The second-order valence-electron chi connectivity index (χ2n) is 2.71. The summed E-state index contributed by atoms with van der Waals surface area (Å²) in [6, 6.07) is 0. The van der Waals surface area contributed by atoms with Crippen LogP contribution in [0.3, 0.4) is 0 Å². The van der Waals surface area contributed by atoms with Crippen molar-refractivity contribution in [2.75, 3.05) is 19.0 Å². The van der Waals surface area contributed by atoms with E-state index < -0.39 is 4.92 Å². The maximum absolute atomic E-state index is 10.8. The van der Waals surface area contributed by atoms with Crippen molar-refractivity contribution in [1.82, 2.24) is 9.97 Å². The maximum atomic E-state index is 10.8. The van der Waals surface area contributed by atoms with Gasteiger partial charge in [-0.1, -0.05) is 22.5 Å². The SMILES string of the molecule is C=C(Br)CNc1ncnc(OC)c1[N+](=O)[O-]. The molecule has 0 fully saturated rings. The molecule has 1 heterocycles. The van der Waals surface area contributed by atoms with Crippen LogP contribution in [0.1, 0.15) is 0 Å². The number of hydrogen-bond acceptors (Lipinski definition) is 6. The van der Waals surface area contributed by atoms with Gasteiger partial charge in [0.05, 0.1) is 12.0 Å². The third-order valence-electron chi connectivity index (χ3n) is 1.61. The highest BCUT2D eigenvalue weighted by molar-refractivity contribution is 9.11. The summed E-state index contributed by atoms with van der Waals surface area (Å²) in [6.07, 6.45) is 1.19. The number of ether oxygens (including phenoxy) is 1. The fraction of sp³-hybridized carbons (Fsp3) is 0.250. The van der Waals surface area contributed by atoms with E-state index in [0.29, 0.717) is 11.0 Å². The molecular weight excluding hydrogens is 280 g/mol. The molecule has 1 aromatic heterocycles. The van der Waals surface area contributed by atoms with Crippen LogP contribution < -0.4 is 10.1 Å². The van der Waals surface area contributed by atoms with Crippen LogP contribution in [0.4, 0.5) is 11.5 Å². The van der Waals surface area contributed by atoms with Gasteiger partial charge in [-0.3, -0.25) is 10.1 Å². The third kappa shape index (κ3) is 2.89. The van der Waals surface area contributed by atoms with Crippen LogP contribution in [0, 0.1) is 10.1 Å². The molecule has 0 bridgehead atoms. The first-order valence-electron chi connectivity index (χ1n) is 4.16. The highest BCUT2D eigenvalue weighted by Gasteiger charge is 2.23. The minimum atomic E-state index is -0.599. The van der Waals surface area contributed by atoms with Gasteiger partial charge in [0, 0.05) is 11.0 Å². The lowest BCUT2D eigenvalue weighted by Crippen LogP contribution is -2.07. The number of nitro groups is 1. The molecule has 0 amide bonds. The number of anilines is 1. The van der Waals surface area contributed by atoms with E-state index in [2.05, 4.69) is 37.8 Å². The number of nitrogens with zero attached hydrogens (tertiary/aromatic N) is 3. The summed E-state index contributed by atoms with van der Waals surface area (Å²) < 4.78 is 5.44. The molecule has 16 heavy (non-hydrogen) atoms. The van der Waals surface area contributed by atoms with Gasteiger partial charge in [-0.15, -0.1) is 0 Å². The highest BCUT2D eigenvalue weighted by Crippen LogP contribution is 2.30. The zero-order chi connectivity index (χ0) is 12.1. The Morgan fingerprint density at radius 1 is 1.75 bits per heavy atom. The molecular formula is C8H9BrN4O3. The van der Waals surface area contributed by atoms with Crippen molar-refractivity contribution in [3.63, 3.8) is 0 Å². The van der Waals surface area contributed by atoms with Crippen molar-refractivity contribution in [2.45, 2.75) is 0 Å². The number of methoxy groups -OCH3 is 1. The summed E-state index contributed by atoms with van der Waals surface area (Å²) in [5, 5.41) is 13.6. The van der Waals surface area contributed by atoms with Crippen molar-refractivity contribution in [2.24, 2.45) is 0 Å². The van der Waals surface area contributed by atoms with E-state index in [-0.39, 0.29) is 17.4 Å². The minimum absolute atomic E-state index is 0.0808. The van der Waals surface area contributed by atoms with E-state index in [1.807, 2.05) is 0 Å². The van der Waals surface area contributed by atoms with Gasteiger partial charge in [-0.2, -0.15) is 4.98 Å². The Morgan fingerprint density at radius 2 is 2.44 bits per heavy atom. The monoisotopic (exact) mass is 288 g/mol. The second kappa shape index (κ2) is 5.40. The summed E-state index contributed by atoms with van der Waals surface area (Å²) in [7, 11) is 1.31. The molecule has 0 aliphatic carbocycles. The van der Waals surface area contributed by atoms with Crippen molar-refractivity contribution in [1.29, 1.82) is 0 Å². The molecule has 0 saturated carbocycles. The van der Waals surface area contributed by atoms with Gasteiger partial charge in [-0.05, 0) is 0 Å². The van der Waals surface area contributed by atoms with Crippen LogP contribution in [0.15, 0.2) is 17.4 Å². The Hall–Kier alpha value is -1.70. The average molecular weight is 289 g/mol. The molecule has 0 atom stereocenters. The first kappa shape index (κ1) is 12.4. The average Bonchev–Trinajstić information content (AvgIpc) is 2.25. The van der Waals surface area contributed by atoms with Crippen LogP contribution >= 0.6 is 15.9 Å². The predicted molar refractivity (Wildman–Crippen MR) is 61.8 cm³/mol. The summed E-state index contributed by atoms with van der Waals surface area (Å²) in [5.74, 6) is 0.0140. The summed E-state index contributed by atoms with van der Waals surface area (Å²) in [4.78, 5) is 17.7. The molecule has 8 heteroatoms. The quantitative estimate of drug-likeness (QED) is 0.655. The molecule has 0 aliphatic rings. The van der Waals surface area contributed by atoms with E-state index in [0.717, 1.165) is 0 Å².